The highest BCUT2D eigenvalue weighted by Crippen LogP contribution is 2.11. The molecule has 0 spiro atoms. The highest BCUT2D eigenvalue weighted by atomic mass is 16.6. The third-order valence-corrected chi connectivity index (χ3v) is 1.67. The summed E-state index contributed by atoms with van der Waals surface area (Å²) in [6.45, 7) is 0. The summed E-state index contributed by atoms with van der Waals surface area (Å²) in [5, 5.41) is 14.2. The van der Waals surface area contributed by atoms with E-state index in [1.165, 1.54) is 17.1 Å². The van der Waals surface area contributed by atoms with E-state index in [1.807, 2.05) is 0 Å². The van der Waals surface area contributed by atoms with Gasteiger partial charge in [-0.2, -0.15) is 10.1 Å². The fourth-order valence-corrected chi connectivity index (χ4v) is 1.02. The molecule has 0 fully saturated rings. The van der Waals surface area contributed by atoms with Gasteiger partial charge in [-0.3, -0.25) is 10.1 Å². The van der Waals surface area contributed by atoms with Crippen LogP contribution in [0.25, 0.3) is 5.82 Å². The molecule has 76 valence electrons. The fraction of sp³-hybridized carbons (Fsp3) is 0. The quantitative estimate of drug-likeness (QED) is 0.552. The number of nitrogens with zero attached hydrogens (tertiary/aromatic N) is 5. The van der Waals surface area contributed by atoms with Crippen LogP contribution in [-0.4, -0.2) is 24.7 Å². The molecule has 2 N–H and O–H groups in total. The zero-order valence-electron chi connectivity index (χ0n) is 7.44. The molecule has 0 aliphatic rings. The molecular weight excluding hydrogens is 200 g/mol. The van der Waals surface area contributed by atoms with Crippen LogP contribution in [0.4, 0.5) is 11.6 Å². The number of hydrogen-bond acceptors (Lipinski definition) is 6. The minimum absolute atomic E-state index is 0.0886. The number of nitrogen functional groups attached to an aromatic ring is 1. The van der Waals surface area contributed by atoms with Crippen molar-refractivity contribution in [2.24, 2.45) is 0 Å². The number of rotatable bonds is 2. The van der Waals surface area contributed by atoms with Crippen LogP contribution in [0.5, 0.6) is 0 Å². The Balaban J connectivity index is 2.41. The molecular formula is C7H6N6O2. The lowest BCUT2D eigenvalue weighted by atomic mass is 10.5. The second-order valence-corrected chi connectivity index (χ2v) is 2.67. The Labute approximate surface area is 83.5 Å². The Kier molecular flexibility index (Phi) is 2.01. The van der Waals surface area contributed by atoms with Crippen molar-refractivity contribution in [3.63, 3.8) is 0 Å². The highest BCUT2D eigenvalue weighted by Gasteiger charge is 2.10. The Morgan fingerprint density at radius 1 is 1.53 bits per heavy atom. The second-order valence-electron chi connectivity index (χ2n) is 2.67. The Hall–Kier alpha value is -2.51. The smallest absolute Gasteiger partial charge is 0.307 e. The normalized spacial score (nSPS) is 10.1. The van der Waals surface area contributed by atoms with Gasteiger partial charge in [0.05, 0.1) is 4.92 Å². The summed E-state index contributed by atoms with van der Waals surface area (Å²) in [5.74, 6) is 0.473. The molecule has 2 aromatic heterocycles. The van der Waals surface area contributed by atoms with Crippen LogP contribution in [-0.2, 0) is 0 Å². The average Bonchev–Trinajstić information content (AvgIpc) is 2.66. The van der Waals surface area contributed by atoms with Crippen LogP contribution in [0, 0.1) is 10.1 Å². The molecule has 0 aliphatic heterocycles. The van der Waals surface area contributed by atoms with E-state index in [2.05, 4.69) is 15.1 Å². The highest BCUT2D eigenvalue weighted by molar-refractivity contribution is 5.31. The first kappa shape index (κ1) is 9.06. The van der Waals surface area contributed by atoms with Gasteiger partial charge in [-0.15, -0.1) is 0 Å². The largest absolute Gasteiger partial charge is 0.368 e. The maximum atomic E-state index is 10.4. The monoisotopic (exact) mass is 206 g/mol. The first-order valence-electron chi connectivity index (χ1n) is 3.95. The van der Waals surface area contributed by atoms with E-state index in [0.29, 0.717) is 5.82 Å². The zero-order valence-corrected chi connectivity index (χ0v) is 7.44. The molecule has 0 atom stereocenters. The average molecular weight is 206 g/mol. The van der Waals surface area contributed by atoms with Crippen LogP contribution < -0.4 is 5.73 Å². The van der Waals surface area contributed by atoms with Crippen molar-refractivity contribution in [2.75, 3.05) is 5.73 Å². The zero-order chi connectivity index (χ0) is 10.8. The molecule has 0 aliphatic carbocycles. The first-order chi connectivity index (χ1) is 7.16. The number of nitrogens with two attached hydrogens (primary N) is 1. The van der Waals surface area contributed by atoms with Crippen molar-refractivity contribution in [1.82, 2.24) is 19.7 Å². The van der Waals surface area contributed by atoms with E-state index >= 15 is 0 Å². The SMILES string of the molecule is Nc1nccc(-n2cc([N+](=O)[O-])cn2)n1. The van der Waals surface area contributed by atoms with Crippen molar-refractivity contribution in [2.45, 2.75) is 0 Å². The summed E-state index contributed by atoms with van der Waals surface area (Å²) in [6.07, 6.45) is 3.84. The molecule has 8 heteroatoms. The van der Waals surface area contributed by atoms with E-state index in [-0.39, 0.29) is 11.6 Å². The Morgan fingerprint density at radius 2 is 2.33 bits per heavy atom. The summed E-state index contributed by atoms with van der Waals surface area (Å²) < 4.78 is 1.26. The van der Waals surface area contributed by atoms with Gasteiger partial charge >= 0.3 is 5.69 Å². The van der Waals surface area contributed by atoms with Gasteiger partial charge in [0.1, 0.15) is 12.4 Å². The summed E-state index contributed by atoms with van der Waals surface area (Å²) in [7, 11) is 0. The summed E-state index contributed by atoms with van der Waals surface area (Å²) in [6, 6.07) is 1.55. The lowest BCUT2D eigenvalue weighted by molar-refractivity contribution is -0.384. The van der Waals surface area contributed by atoms with Gasteiger partial charge in [-0.25, -0.2) is 9.67 Å². The van der Waals surface area contributed by atoms with Crippen molar-refractivity contribution < 1.29 is 4.92 Å². The van der Waals surface area contributed by atoms with Gasteiger partial charge in [0, 0.05) is 12.3 Å². The van der Waals surface area contributed by atoms with Crippen LogP contribution in [0.15, 0.2) is 24.7 Å². The minimum atomic E-state index is -0.534. The molecule has 2 aromatic rings. The summed E-state index contributed by atoms with van der Waals surface area (Å²) in [4.78, 5) is 17.4. The maximum Gasteiger partial charge on any atom is 0.307 e. The summed E-state index contributed by atoms with van der Waals surface area (Å²) in [5.41, 5.74) is 5.26. The molecule has 0 amide bonds. The van der Waals surface area contributed by atoms with Gasteiger partial charge in [0.2, 0.25) is 5.95 Å². The van der Waals surface area contributed by atoms with E-state index in [1.54, 1.807) is 6.07 Å². The van der Waals surface area contributed by atoms with Gasteiger partial charge < -0.3 is 5.73 Å². The molecule has 0 radical (unpaired) electrons. The molecule has 0 aromatic carbocycles. The first-order valence-corrected chi connectivity index (χ1v) is 3.95. The molecule has 8 nitrogen and oxygen atoms in total. The van der Waals surface area contributed by atoms with Crippen LogP contribution in [0.2, 0.25) is 0 Å². The molecule has 2 heterocycles. The predicted octanol–water partition coefficient (Wildman–Crippen LogP) is 0.153. The Bertz CT molecular complexity index is 508. The molecule has 2 rings (SSSR count). The standard InChI is InChI=1S/C7H6N6O2/c8-7-9-2-1-6(11-7)12-4-5(3-10-12)13(14)15/h1-4H,(H2,8,9,11). The van der Waals surface area contributed by atoms with Crippen LogP contribution >= 0.6 is 0 Å². The minimum Gasteiger partial charge on any atom is -0.368 e. The van der Waals surface area contributed by atoms with Crippen molar-refractivity contribution in [3.05, 3.63) is 34.8 Å². The predicted molar refractivity (Wildman–Crippen MR) is 50.2 cm³/mol. The third-order valence-electron chi connectivity index (χ3n) is 1.67. The summed E-state index contributed by atoms with van der Waals surface area (Å²) >= 11 is 0. The molecule has 0 saturated heterocycles. The molecule has 15 heavy (non-hydrogen) atoms. The van der Waals surface area contributed by atoms with Crippen molar-refractivity contribution >= 4 is 11.6 Å². The maximum absolute atomic E-state index is 10.4. The lowest BCUT2D eigenvalue weighted by Crippen LogP contribution is -2.02. The topological polar surface area (TPSA) is 113 Å². The number of nitro groups is 1. The van der Waals surface area contributed by atoms with Crippen molar-refractivity contribution in [3.8, 4) is 5.82 Å². The Morgan fingerprint density at radius 3 is 2.93 bits per heavy atom. The molecule has 0 bridgehead atoms. The van der Waals surface area contributed by atoms with Crippen LogP contribution in [0.3, 0.4) is 0 Å². The molecule has 0 saturated carbocycles. The van der Waals surface area contributed by atoms with Gasteiger partial charge in [-0.05, 0) is 0 Å². The van der Waals surface area contributed by atoms with Crippen molar-refractivity contribution in [1.29, 1.82) is 0 Å². The van der Waals surface area contributed by atoms with E-state index < -0.39 is 4.92 Å². The van der Waals surface area contributed by atoms with Crippen LogP contribution in [0.1, 0.15) is 0 Å². The van der Waals surface area contributed by atoms with E-state index in [4.69, 9.17) is 5.73 Å². The fourth-order valence-electron chi connectivity index (χ4n) is 1.02. The number of anilines is 1. The number of hydrogen-bond donors (Lipinski definition) is 1. The van der Waals surface area contributed by atoms with E-state index in [9.17, 15) is 10.1 Å². The third kappa shape index (κ3) is 1.73. The number of aromatic nitrogens is 4. The van der Waals surface area contributed by atoms with E-state index in [0.717, 1.165) is 6.20 Å². The second kappa shape index (κ2) is 3.33. The molecule has 0 unspecified atom stereocenters. The van der Waals surface area contributed by atoms with Gasteiger partial charge in [0.25, 0.3) is 0 Å². The lowest BCUT2D eigenvalue weighted by Gasteiger charge is -1.98. The van der Waals surface area contributed by atoms with Gasteiger partial charge in [0.15, 0.2) is 5.82 Å². The van der Waals surface area contributed by atoms with Gasteiger partial charge in [-0.1, -0.05) is 0 Å².